The third-order valence-corrected chi connectivity index (χ3v) is 5.60. The molecule has 1 rings (SSSR count). The zero-order valence-corrected chi connectivity index (χ0v) is 13.0. The fourth-order valence-electron chi connectivity index (χ4n) is 1.62. The quantitative estimate of drug-likeness (QED) is 0.799. The van der Waals surface area contributed by atoms with Gasteiger partial charge >= 0.3 is 0 Å². The molecular weight excluding hydrogens is 282 g/mol. The van der Waals surface area contributed by atoms with Crippen LogP contribution in [0.1, 0.15) is 25.2 Å². The first-order chi connectivity index (χ1) is 8.78. The number of nitrogens with two attached hydrogens (primary N) is 1. The number of aromatic nitrogens is 1. The minimum atomic E-state index is -3.53. The molecule has 0 aliphatic carbocycles. The van der Waals surface area contributed by atoms with E-state index in [0.717, 1.165) is 5.69 Å². The van der Waals surface area contributed by atoms with Gasteiger partial charge in [0, 0.05) is 12.2 Å². The number of hydrogen-bond donors (Lipinski definition) is 1. The molecule has 1 atom stereocenters. The van der Waals surface area contributed by atoms with Crippen molar-refractivity contribution in [1.82, 2.24) is 9.29 Å². The summed E-state index contributed by atoms with van der Waals surface area (Å²) in [7, 11) is -3.53. The summed E-state index contributed by atoms with van der Waals surface area (Å²) in [5, 5.41) is -0.868. The van der Waals surface area contributed by atoms with Gasteiger partial charge in [-0.2, -0.15) is 4.31 Å². The van der Waals surface area contributed by atoms with Gasteiger partial charge in [-0.15, -0.1) is 0 Å². The first kappa shape index (κ1) is 16.0. The van der Waals surface area contributed by atoms with Crippen molar-refractivity contribution in [1.29, 1.82) is 0 Å². The molecule has 0 amide bonds. The highest BCUT2D eigenvalue weighted by Gasteiger charge is 2.29. The van der Waals surface area contributed by atoms with Crippen molar-refractivity contribution in [2.45, 2.75) is 32.6 Å². The van der Waals surface area contributed by atoms with Crippen molar-refractivity contribution in [2.24, 2.45) is 5.73 Å². The Labute approximate surface area is 119 Å². The fourth-order valence-corrected chi connectivity index (χ4v) is 3.40. The molecular formula is C12H19N3O2S2. The van der Waals surface area contributed by atoms with Gasteiger partial charge in [0.25, 0.3) is 0 Å². The molecule has 2 N–H and O–H groups in total. The van der Waals surface area contributed by atoms with E-state index in [1.165, 1.54) is 11.2 Å². The van der Waals surface area contributed by atoms with E-state index in [9.17, 15) is 8.42 Å². The normalized spacial score (nSPS) is 13.5. The first-order valence-corrected chi connectivity index (χ1v) is 7.91. The molecule has 106 valence electrons. The Hall–Kier alpha value is -1.05. The van der Waals surface area contributed by atoms with Gasteiger partial charge < -0.3 is 5.73 Å². The van der Waals surface area contributed by atoms with Gasteiger partial charge in [0.1, 0.15) is 5.25 Å². The Kier molecular flexibility index (Phi) is 5.39. The molecule has 1 aromatic rings. The van der Waals surface area contributed by atoms with Gasteiger partial charge in [0.05, 0.1) is 17.2 Å². The van der Waals surface area contributed by atoms with E-state index in [0.29, 0.717) is 12.2 Å². The molecule has 0 saturated carbocycles. The summed E-state index contributed by atoms with van der Waals surface area (Å²) in [5.74, 6) is 0. The Morgan fingerprint density at radius 2 is 2.16 bits per heavy atom. The van der Waals surface area contributed by atoms with E-state index < -0.39 is 15.3 Å². The van der Waals surface area contributed by atoms with Gasteiger partial charge in [0.2, 0.25) is 10.0 Å². The van der Waals surface area contributed by atoms with Gasteiger partial charge in [-0.3, -0.25) is 4.98 Å². The monoisotopic (exact) mass is 301 g/mol. The minimum Gasteiger partial charge on any atom is -0.392 e. The van der Waals surface area contributed by atoms with Crippen LogP contribution in [0.3, 0.4) is 0 Å². The van der Waals surface area contributed by atoms with Gasteiger partial charge in [0.15, 0.2) is 0 Å². The maximum atomic E-state index is 12.3. The van der Waals surface area contributed by atoms with Gasteiger partial charge in [-0.25, -0.2) is 8.42 Å². The molecule has 0 aromatic carbocycles. The van der Waals surface area contributed by atoms with Gasteiger partial charge in [-0.05, 0) is 26.0 Å². The summed E-state index contributed by atoms with van der Waals surface area (Å²) in [6.07, 6.45) is 0. The third kappa shape index (κ3) is 3.95. The summed E-state index contributed by atoms with van der Waals surface area (Å²) in [4.78, 5) is 4.29. The van der Waals surface area contributed by atoms with E-state index in [1.807, 2.05) is 19.1 Å². The lowest BCUT2D eigenvalue weighted by Gasteiger charge is -2.23. The topological polar surface area (TPSA) is 76.3 Å². The highest BCUT2D eigenvalue weighted by molar-refractivity contribution is 7.92. The van der Waals surface area contributed by atoms with Crippen molar-refractivity contribution in [3.8, 4) is 0 Å². The zero-order valence-electron chi connectivity index (χ0n) is 11.3. The fraction of sp³-hybridized carbons (Fsp3) is 0.500. The summed E-state index contributed by atoms with van der Waals surface area (Å²) < 4.78 is 26.0. The zero-order chi connectivity index (χ0) is 14.6. The lowest BCUT2D eigenvalue weighted by atomic mass is 10.3. The number of sulfonamides is 1. The van der Waals surface area contributed by atoms with Crippen molar-refractivity contribution in [3.63, 3.8) is 0 Å². The molecule has 1 aromatic heterocycles. The highest BCUT2D eigenvalue weighted by atomic mass is 32.2. The molecule has 7 heteroatoms. The number of thiocarbonyl (C=S) groups is 1. The average molecular weight is 301 g/mol. The maximum absolute atomic E-state index is 12.3. The largest absolute Gasteiger partial charge is 0.392 e. The number of hydrogen-bond acceptors (Lipinski definition) is 4. The van der Waals surface area contributed by atoms with Gasteiger partial charge in [-0.1, -0.05) is 25.2 Å². The predicted octanol–water partition coefficient (Wildman–Crippen LogP) is 1.22. The van der Waals surface area contributed by atoms with Crippen LogP contribution in [0.2, 0.25) is 0 Å². The molecule has 0 radical (unpaired) electrons. The van der Waals surface area contributed by atoms with E-state index in [1.54, 1.807) is 13.0 Å². The standard InChI is InChI=1S/C12H19N3O2S2/c1-4-15(19(16,17)10(3)12(13)18)8-11-7-5-6-9(2)14-11/h5-7,10H,4,8H2,1-3H3,(H2,13,18). The molecule has 0 aliphatic heterocycles. The Bertz CT molecular complexity index is 558. The van der Waals surface area contributed by atoms with E-state index >= 15 is 0 Å². The van der Waals surface area contributed by atoms with Crippen LogP contribution in [0.5, 0.6) is 0 Å². The van der Waals surface area contributed by atoms with Crippen molar-refractivity contribution in [2.75, 3.05) is 6.54 Å². The van der Waals surface area contributed by atoms with Crippen LogP contribution >= 0.6 is 12.2 Å². The smallest absolute Gasteiger partial charge is 0.223 e. The highest BCUT2D eigenvalue weighted by Crippen LogP contribution is 2.13. The molecule has 1 unspecified atom stereocenters. The minimum absolute atomic E-state index is 0.0179. The molecule has 0 spiro atoms. The number of pyridine rings is 1. The van der Waals surface area contributed by atoms with Crippen LogP contribution in [0.25, 0.3) is 0 Å². The number of aryl methyl sites for hydroxylation is 1. The third-order valence-electron chi connectivity index (χ3n) is 2.84. The second-order valence-electron chi connectivity index (χ2n) is 4.29. The van der Waals surface area contributed by atoms with Crippen molar-refractivity contribution in [3.05, 3.63) is 29.6 Å². The van der Waals surface area contributed by atoms with Crippen LogP contribution in [0.4, 0.5) is 0 Å². The molecule has 1 heterocycles. The predicted molar refractivity (Wildman–Crippen MR) is 80.2 cm³/mol. The Balaban J connectivity index is 2.99. The maximum Gasteiger partial charge on any atom is 0.223 e. The molecule has 0 aliphatic rings. The van der Waals surface area contributed by atoms with Crippen molar-refractivity contribution >= 4 is 27.2 Å². The summed E-state index contributed by atoms with van der Waals surface area (Å²) in [6.45, 7) is 5.73. The van der Waals surface area contributed by atoms with E-state index in [2.05, 4.69) is 4.98 Å². The molecule has 0 bridgehead atoms. The Morgan fingerprint density at radius 1 is 1.53 bits per heavy atom. The van der Waals surface area contributed by atoms with Crippen LogP contribution in [-0.2, 0) is 16.6 Å². The number of nitrogens with zero attached hydrogens (tertiary/aromatic N) is 2. The van der Waals surface area contributed by atoms with Crippen LogP contribution < -0.4 is 5.73 Å². The lowest BCUT2D eigenvalue weighted by molar-refractivity contribution is 0.417. The molecule has 5 nitrogen and oxygen atoms in total. The molecule has 0 saturated heterocycles. The SMILES string of the molecule is CCN(Cc1cccc(C)n1)S(=O)(=O)C(C)C(N)=S. The van der Waals surface area contributed by atoms with Crippen LogP contribution in [0.15, 0.2) is 18.2 Å². The second kappa shape index (κ2) is 6.40. The number of rotatable bonds is 6. The summed E-state index contributed by atoms with van der Waals surface area (Å²) in [5.41, 5.74) is 7.01. The molecule has 0 fully saturated rings. The van der Waals surface area contributed by atoms with E-state index in [4.69, 9.17) is 18.0 Å². The Morgan fingerprint density at radius 3 is 2.63 bits per heavy atom. The summed E-state index contributed by atoms with van der Waals surface area (Å²) in [6, 6.07) is 5.53. The second-order valence-corrected chi connectivity index (χ2v) is 7.01. The van der Waals surface area contributed by atoms with Crippen molar-refractivity contribution < 1.29 is 8.42 Å². The van der Waals surface area contributed by atoms with Crippen LogP contribution in [-0.4, -0.2) is 34.5 Å². The average Bonchev–Trinajstić information content (AvgIpc) is 2.34. The lowest BCUT2D eigenvalue weighted by Crippen LogP contribution is -2.42. The summed E-state index contributed by atoms with van der Waals surface area (Å²) >= 11 is 4.78. The molecule has 19 heavy (non-hydrogen) atoms. The van der Waals surface area contributed by atoms with E-state index in [-0.39, 0.29) is 11.5 Å². The first-order valence-electron chi connectivity index (χ1n) is 5.99. The van der Waals surface area contributed by atoms with Crippen LogP contribution in [0, 0.1) is 6.92 Å².